The number of thiazole rings is 1. The van der Waals surface area contributed by atoms with Crippen LogP contribution >= 0.6 is 23.1 Å². The minimum atomic E-state index is -0.208. The summed E-state index contributed by atoms with van der Waals surface area (Å²) in [4.78, 5) is 20.0. The molecule has 2 aromatic rings. The van der Waals surface area contributed by atoms with E-state index in [0.717, 1.165) is 5.16 Å². The van der Waals surface area contributed by atoms with Crippen LogP contribution in [-0.2, 0) is 11.8 Å². The summed E-state index contributed by atoms with van der Waals surface area (Å²) >= 11 is 2.83. The SMILES string of the molecule is CC(Sc1nccn1C)C(=O)Nc1nccs1. The summed E-state index contributed by atoms with van der Waals surface area (Å²) in [7, 11) is 1.90. The summed E-state index contributed by atoms with van der Waals surface area (Å²) in [6.45, 7) is 1.85. The number of hydrogen-bond acceptors (Lipinski definition) is 5. The molecule has 0 aliphatic carbocycles. The van der Waals surface area contributed by atoms with Crippen LogP contribution in [-0.4, -0.2) is 25.7 Å². The third-order valence-corrected chi connectivity index (χ3v) is 3.95. The molecule has 17 heavy (non-hydrogen) atoms. The number of hydrogen-bond donors (Lipinski definition) is 1. The van der Waals surface area contributed by atoms with Gasteiger partial charge in [-0.05, 0) is 6.92 Å². The predicted octanol–water partition coefficient (Wildman–Crippen LogP) is 2.00. The van der Waals surface area contributed by atoms with Gasteiger partial charge in [-0.3, -0.25) is 4.79 Å². The normalized spacial score (nSPS) is 12.4. The molecule has 1 unspecified atom stereocenters. The Bertz CT molecular complexity index is 494. The highest BCUT2D eigenvalue weighted by atomic mass is 32.2. The van der Waals surface area contributed by atoms with Crippen LogP contribution in [0.4, 0.5) is 5.13 Å². The van der Waals surface area contributed by atoms with E-state index in [0.29, 0.717) is 5.13 Å². The summed E-state index contributed by atoms with van der Waals surface area (Å²) < 4.78 is 1.89. The zero-order valence-corrected chi connectivity index (χ0v) is 11.1. The van der Waals surface area contributed by atoms with Crippen molar-refractivity contribution in [2.24, 2.45) is 7.05 Å². The van der Waals surface area contributed by atoms with Crippen molar-refractivity contribution in [2.45, 2.75) is 17.3 Å². The number of imidazole rings is 1. The molecule has 0 aliphatic rings. The molecule has 90 valence electrons. The molecule has 2 rings (SSSR count). The monoisotopic (exact) mass is 268 g/mol. The van der Waals surface area contributed by atoms with Crippen molar-refractivity contribution in [2.75, 3.05) is 5.32 Å². The Morgan fingerprint density at radius 2 is 2.35 bits per heavy atom. The molecule has 0 bridgehead atoms. The van der Waals surface area contributed by atoms with Gasteiger partial charge < -0.3 is 9.88 Å². The van der Waals surface area contributed by atoms with E-state index in [1.165, 1.54) is 23.1 Å². The molecule has 0 fully saturated rings. The number of thioether (sulfide) groups is 1. The molecule has 0 radical (unpaired) electrons. The number of carbonyl (C=O) groups excluding carboxylic acids is 1. The Hall–Kier alpha value is -1.34. The lowest BCUT2D eigenvalue weighted by atomic mass is 10.4. The first-order valence-corrected chi connectivity index (χ1v) is 6.77. The second-order valence-electron chi connectivity index (χ2n) is 3.41. The van der Waals surface area contributed by atoms with Crippen LogP contribution in [0.1, 0.15) is 6.92 Å². The van der Waals surface area contributed by atoms with Crippen LogP contribution in [0.3, 0.4) is 0 Å². The molecule has 5 nitrogen and oxygen atoms in total. The van der Waals surface area contributed by atoms with Gasteiger partial charge in [0.25, 0.3) is 0 Å². The molecule has 1 N–H and O–H groups in total. The summed E-state index contributed by atoms with van der Waals surface area (Å²) in [5.41, 5.74) is 0. The Labute approximate surface area is 107 Å². The minimum absolute atomic E-state index is 0.0621. The van der Waals surface area contributed by atoms with E-state index >= 15 is 0 Å². The number of nitrogens with one attached hydrogen (secondary N) is 1. The van der Waals surface area contributed by atoms with Gasteiger partial charge in [0.1, 0.15) is 0 Å². The van der Waals surface area contributed by atoms with Crippen molar-refractivity contribution >= 4 is 34.1 Å². The van der Waals surface area contributed by atoms with E-state index in [4.69, 9.17) is 0 Å². The van der Waals surface area contributed by atoms with E-state index in [9.17, 15) is 4.79 Å². The molecule has 0 spiro atoms. The highest BCUT2D eigenvalue weighted by Crippen LogP contribution is 2.22. The summed E-state index contributed by atoms with van der Waals surface area (Å²) in [6.07, 6.45) is 5.23. The number of rotatable bonds is 4. The average Bonchev–Trinajstić information content (AvgIpc) is 2.91. The number of nitrogens with zero attached hydrogens (tertiary/aromatic N) is 3. The first kappa shape index (κ1) is 12.1. The number of amides is 1. The van der Waals surface area contributed by atoms with Gasteiger partial charge >= 0.3 is 0 Å². The summed E-state index contributed by atoms with van der Waals surface area (Å²) in [5, 5.41) is 5.83. The topological polar surface area (TPSA) is 59.8 Å². The predicted molar refractivity (Wildman–Crippen MR) is 69.3 cm³/mol. The smallest absolute Gasteiger partial charge is 0.239 e. The maximum Gasteiger partial charge on any atom is 0.239 e. The second kappa shape index (κ2) is 5.33. The maximum atomic E-state index is 11.8. The molecule has 0 saturated heterocycles. The van der Waals surface area contributed by atoms with Crippen LogP contribution in [0, 0.1) is 0 Å². The van der Waals surface area contributed by atoms with E-state index in [2.05, 4.69) is 15.3 Å². The van der Waals surface area contributed by atoms with Crippen molar-refractivity contribution in [3.05, 3.63) is 24.0 Å². The van der Waals surface area contributed by atoms with Gasteiger partial charge in [-0.15, -0.1) is 11.3 Å². The highest BCUT2D eigenvalue weighted by Gasteiger charge is 2.17. The van der Waals surface area contributed by atoms with Crippen LogP contribution in [0.15, 0.2) is 29.1 Å². The lowest BCUT2D eigenvalue weighted by Gasteiger charge is -2.09. The van der Waals surface area contributed by atoms with Gasteiger partial charge in [-0.2, -0.15) is 0 Å². The molecule has 2 heterocycles. The minimum Gasteiger partial charge on any atom is -0.329 e. The van der Waals surface area contributed by atoms with E-state index < -0.39 is 0 Å². The van der Waals surface area contributed by atoms with Crippen LogP contribution in [0.25, 0.3) is 0 Å². The molecule has 1 atom stereocenters. The number of aromatic nitrogens is 3. The van der Waals surface area contributed by atoms with Gasteiger partial charge in [0, 0.05) is 31.0 Å². The third-order valence-electron chi connectivity index (χ3n) is 2.09. The molecular formula is C10H12N4OS2. The molecular weight excluding hydrogens is 256 g/mol. The van der Waals surface area contributed by atoms with Gasteiger partial charge in [0.15, 0.2) is 10.3 Å². The van der Waals surface area contributed by atoms with Gasteiger partial charge in [0.2, 0.25) is 5.91 Å². The summed E-state index contributed by atoms with van der Waals surface area (Å²) in [6, 6.07) is 0. The van der Waals surface area contributed by atoms with Gasteiger partial charge in [-0.25, -0.2) is 9.97 Å². The number of carbonyl (C=O) groups is 1. The third kappa shape index (κ3) is 3.07. The first-order chi connectivity index (χ1) is 8.16. The van der Waals surface area contributed by atoms with E-state index in [1.54, 1.807) is 12.4 Å². The number of anilines is 1. The van der Waals surface area contributed by atoms with Crippen LogP contribution in [0.2, 0.25) is 0 Å². The van der Waals surface area contributed by atoms with Crippen molar-refractivity contribution in [3.63, 3.8) is 0 Å². The molecule has 0 aromatic carbocycles. The largest absolute Gasteiger partial charge is 0.329 e. The van der Waals surface area contributed by atoms with E-state index in [-0.39, 0.29) is 11.2 Å². The molecule has 2 aromatic heterocycles. The second-order valence-corrected chi connectivity index (χ2v) is 5.61. The van der Waals surface area contributed by atoms with Crippen molar-refractivity contribution in [3.8, 4) is 0 Å². The average molecular weight is 268 g/mol. The standard InChI is InChI=1S/C10H12N4OS2/c1-7(17-10-12-3-5-14(10)2)8(15)13-9-11-4-6-16-9/h3-7H,1-2H3,(H,11,13,15). The first-order valence-electron chi connectivity index (χ1n) is 5.01. The fourth-order valence-corrected chi connectivity index (χ4v) is 2.53. The Morgan fingerprint density at radius 3 is 2.94 bits per heavy atom. The van der Waals surface area contributed by atoms with E-state index in [1.807, 2.05) is 30.1 Å². The lowest BCUT2D eigenvalue weighted by Crippen LogP contribution is -2.22. The fraction of sp³-hybridized carbons (Fsp3) is 0.300. The zero-order valence-electron chi connectivity index (χ0n) is 9.45. The van der Waals surface area contributed by atoms with Crippen molar-refractivity contribution in [1.29, 1.82) is 0 Å². The Kier molecular flexibility index (Phi) is 3.80. The molecule has 1 amide bonds. The maximum absolute atomic E-state index is 11.8. The Balaban J connectivity index is 1.94. The Morgan fingerprint density at radius 1 is 1.53 bits per heavy atom. The van der Waals surface area contributed by atoms with Crippen LogP contribution in [0.5, 0.6) is 0 Å². The molecule has 0 aliphatic heterocycles. The van der Waals surface area contributed by atoms with Crippen molar-refractivity contribution in [1.82, 2.24) is 14.5 Å². The highest BCUT2D eigenvalue weighted by molar-refractivity contribution is 8.00. The fourth-order valence-electron chi connectivity index (χ4n) is 1.17. The van der Waals surface area contributed by atoms with Crippen molar-refractivity contribution < 1.29 is 4.79 Å². The zero-order chi connectivity index (χ0) is 12.3. The molecule has 7 heteroatoms. The molecule has 0 saturated carbocycles. The van der Waals surface area contributed by atoms with Gasteiger partial charge in [0.05, 0.1) is 5.25 Å². The lowest BCUT2D eigenvalue weighted by molar-refractivity contribution is -0.115. The van der Waals surface area contributed by atoms with Crippen LogP contribution < -0.4 is 5.32 Å². The van der Waals surface area contributed by atoms with Gasteiger partial charge in [-0.1, -0.05) is 11.8 Å². The quantitative estimate of drug-likeness (QED) is 0.862. The summed E-state index contributed by atoms with van der Waals surface area (Å²) in [5.74, 6) is -0.0621. The number of aryl methyl sites for hydroxylation is 1.